The van der Waals surface area contributed by atoms with Crippen LogP contribution < -0.4 is 14.8 Å². The van der Waals surface area contributed by atoms with Crippen LogP contribution in [-0.4, -0.2) is 19.8 Å². The minimum Gasteiger partial charge on any atom is -0.491 e. The molecule has 2 rings (SSSR count). The predicted octanol–water partition coefficient (Wildman–Crippen LogP) is 5.51. The minimum atomic E-state index is 0.0707. The fourth-order valence-corrected chi connectivity index (χ4v) is 2.55. The Kier molecular flexibility index (Phi) is 6.74. The van der Waals surface area contributed by atoms with E-state index in [0.717, 1.165) is 23.7 Å². The first-order chi connectivity index (χ1) is 11.9. The van der Waals surface area contributed by atoms with Gasteiger partial charge in [0.25, 0.3) is 0 Å². The molecule has 3 heteroatoms. The molecule has 0 unspecified atom stereocenters. The highest BCUT2D eigenvalue weighted by atomic mass is 16.5. The summed E-state index contributed by atoms with van der Waals surface area (Å²) in [6.07, 6.45) is 0. The van der Waals surface area contributed by atoms with Crippen LogP contribution in [0.3, 0.4) is 0 Å². The second-order valence-corrected chi connectivity index (χ2v) is 7.72. The van der Waals surface area contributed by atoms with E-state index in [-0.39, 0.29) is 5.41 Å². The van der Waals surface area contributed by atoms with Crippen molar-refractivity contribution in [2.45, 2.75) is 40.0 Å². The summed E-state index contributed by atoms with van der Waals surface area (Å²) in [7, 11) is 0. The fourth-order valence-electron chi connectivity index (χ4n) is 2.55. The van der Waals surface area contributed by atoms with E-state index < -0.39 is 0 Å². The molecule has 0 aromatic heterocycles. The van der Waals surface area contributed by atoms with E-state index in [1.165, 1.54) is 5.56 Å². The van der Waals surface area contributed by atoms with Gasteiger partial charge in [-0.3, -0.25) is 0 Å². The Balaban J connectivity index is 1.90. The van der Waals surface area contributed by atoms with Gasteiger partial charge >= 0.3 is 0 Å². The van der Waals surface area contributed by atoms with Crippen LogP contribution in [0.4, 0.5) is 5.69 Å². The predicted molar refractivity (Wildman–Crippen MR) is 106 cm³/mol. The minimum absolute atomic E-state index is 0.0707. The summed E-state index contributed by atoms with van der Waals surface area (Å²) < 4.78 is 11.9. The van der Waals surface area contributed by atoms with Crippen LogP contribution in [0.15, 0.2) is 48.5 Å². The Bertz CT molecular complexity index is 659. The third-order valence-corrected chi connectivity index (χ3v) is 3.83. The lowest BCUT2D eigenvalue weighted by molar-refractivity contribution is 0.272. The molecule has 0 heterocycles. The summed E-state index contributed by atoms with van der Waals surface area (Å²) in [5, 5.41) is 3.42. The average molecular weight is 341 g/mol. The van der Waals surface area contributed by atoms with Crippen molar-refractivity contribution in [3.05, 3.63) is 54.1 Å². The van der Waals surface area contributed by atoms with Crippen LogP contribution in [0, 0.1) is 5.92 Å². The quantitative estimate of drug-likeness (QED) is 0.642. The highest BCUT2D eigenvalue weighted by Crippen LogP contribution is 2.31. The van der Waals surface area contributed by atoms with Crippen molar-refractivity contribution in [1.82, 2.24) is 0 Å². The van der Waals surface area contributed by atoms with Crippen molar-refractivity contribution in [2.24, 2.45) is 5.92 Å². The number of hydrogen-bond donors (Lipinski definition) is 1. The number of hydrogen-bond acceptors (Lipinski definition) is 3. The van der Waals surface area contributed by atoms with E-state index in [1.807, 2.05) is 36.4 Å². The van der Waals surface area contributed by atoms with Gasteiger partial charge in [0.1, 0.15) is 18.1 Å². The monoisotopic (exact) mass is 341 g/mol. The van der Waals surface area contributed by atoms with Crippen LogP contribution in [-0.2, 0) is 5.41 Å². The number of benzene rings is 2. The van der Waals surface area contributed by atoms with Gasteiger partial charge in [0.05, 0.1) is 12.3 Å². The van der Waals surface area contributed by atoms with E-state index in [0.29, 0.717) is 19.1 Å². The molecule has 0 amide bonds. The maximum absolute atomic E-state index is 6.02. The maximum atomic E-state index is 6.02. The first kappa shape index (κ1) is 19.2. The van der Waals surface area contributed by atoms with Crippen molar-refractivity contribution in [3.8, 4) is 11.5 Å². The zero-order valence-electron chi connectivity index (χ0n) is 16.1. The van der Waals surface area contributed by atoms with Crippen LogP contribution >= 0.6 is 0 Å². The topological polar surface area (TPSA) is 30.5 Å². The SMILES string of the molecule is CC(C)COc1ccccc1NCCOc1ccccc1C(C)(C)C. The lowest BCUT2D eigenvalue weighted by Crippen LogP contribution is -2.17. The van der Waals surface area contributed by atoms with Gasteiger partial charge < -0.3 is 14.8 Å². The molecule has 2 aromatic carbocycles. The first-order valence-corrected chi connectivity index (χ1v) is 9.06. The van der Waals surface area contributed by atoms with E-state index >= 15 is 0 Å². The van der Waals surface area contributed by atoms with Gasteiger partial charge in [0, 0.05) is 6.54 Å². The third kappa shape index (κ3) is 6.00. The van der Waals surface area contributed by atoms with Crippen molar-refractivity contribution < 1.29 is 9.47 Å². The van der Waals surface area contributed by atoms with Crippen LogP contribution in [0.1, 0.15) is 40.2 Å². The number of para-hydroxylation sites is 3. The normalized spacial score (nSPS) is 11.4. The van der Waals surface area contributed by atoms with Gasteiger partial charge in [-0.2, -0.15) is 0 Å². The van der Waals surface area contributed by atoms with Crippen LogP contribution in [0.5, 0.6) is 11.5 Å². The molecule has 0 atom stereocenters. The Labute approximate surface area is 152 Å². The van der Waals surface area contributed by atoms with Crippen molar-refractivity contribution in [1.29, 1.82) is 0 Å². The largest absolute Gasteiger partial charge is 0.491 e. The molecule has 0 saturated heterocycles. The van der Waals surface area contributed by atoms with E-state index in [4.69, 9.17) is 9.47 Å². The summed E-state index contributed by atoms with van der Waals surface area (Å²) in [4.78, 5) is 0. The van der Waals surface area contributed by atoms with Crippen molar-refractivity contribution in [3.63, 3.8) is 0 Å². The summed E-state index contributed by atoms with van der Waals surface area (Å²) in [5.74, 6) is 2.36. The highest BCUT2D eigenvalue weighted by Gasteiger charge is 2.18. The number of nitrogens with one attached hydrogen (secondary N) is 1. The van der Waals surface area contributed by atoms with E-state index in [2.05, 4.69) is 52.1 Å². The molecule has 136 valence electrons. The van der Waals surface area contributed by atoms with Gasteiger partial charge in [0.15, 0.2) is 0 Å². The molecule has 0 aliphatic carbocycles. The Morgan fingerprint density at radius 1 is 0.880 bits per heavy atom. The number of ether oxygens (including phenoxy) is 2. The van der Waals surface area contributed by atoms with Gasteiger partial charge in [-0.25, -0.2) is 0 Å². The first-order valence-electron chi connectivity index (χ1n) is 9.06. The van der Waals surface area contributed by atoms with Gasteiger partial charge in [0.2, 0.25) is 0 Å². The standard InChI is InChI=1S/C22H31NO2/c1-17(2)16-25-21-13-9-7-11-19(21)23-14-15-24-20-12-8-6-10-18(20)22(3,4)5/h6-13,17,23H,14-16H2,1-5H3. The van der Waals surface area contributed by atoms with Crippen molar-refractivity contribution >= 4 is 5.69 Å². The molecule has 0 aliphatic heterocycles. The zero-order valence-corrected chi connectivity index (χ0v) is 16.1. The van der Waals surface area contributed by atoms with E-state index in [1.54, 1.807) is 0 Å². The number of anilines is 1. The van der Waals surface area contributed by atoms with Gasteiger partial charge in [-0.1, -0.05) is 65.0 Å². The van der Waals surface area contributed by atoms with Crippen LogP contribution in [0.25, 0.3) is 0 Å². The second kappa shape index (κ2) is 8.80. The average Bonchev–Trinajstić information content (AvgIpc) is 2.57. The lowest BCUT2D eigenvalue weighted by Gasteiger charge is -2.23. The molecule has 2 aromatic rings. The molecule has 3 nitrogen and oxygen atoms in total. The molecule has 0 radical (unpaired) electrons. The highest BCUT2D eigenvalue weighted by molar-refractivity contribution is 5.56. The molecule has 1 N–H and O–H groups in total. The lowest BCUT2D eigenvalue weighted by atomic mass is 9.86. The second-order valence-electron chi connectivity index (χ2n) is 7.72. The third-order valence-electron chi connectivity index (χ3n) is 3.83. The smallest absolute Gasteiger partial charge is 0.142 e. The molecule has 25 heavy (non-hydrogen) atoms. The Hall–Kier alpha value is -2.16. The summed E-state index contributed by atoms with van der Waals surface area (Å²) in [6.45, 7) is 13.0. The summed E-state index contributed by atoms with van der Waals surface area (Å²) in [5.41, 5.74) is 2.31. The van der Waals surface area contributed by atoms with Crippen molar-refractivity contribution in [2.75, 3.05) is 25.1 Å². The Morgan fingerprint density at radius 3 is 2.20 bits per heavy atom. The summed E-state index contributed by atoms with van der Waals surface area (Å²) >= 11 is 0. The molecular formula is C22H31NO2. The molecule has 0 aliphatic rings. The molecule has 0 bridgehead atoms. The van der Waals surface area contributed by atoms with E-state index in [9.17, 15) is 0 Å². The molecule has 0 saturated carbocycles. The van der Waals surface area contributed by atoms with Crippen LogP contribution in [0.2, 0.25) is 0 Å². The van der Waals surface area contributed by atoms with Gasteiger partial charge in [-0.15, -0.1) is 0 Å². The molecular weight excluding hydrogens is 310 g/mol. The molecule has 0 spiro atoms. The fraction of sp³-hybridized carbons (Fsp3) is 0.455. The molecule has 0 fully saturated rings. The zero-order chi connectivity index (χ0) is 18.3. The van der Waals surface area contributed by atoms with Gasteiger partial charge in [-0.05, 0) is 35.1 Å². The number of rotatable bonds is 8. The maximum Gasteiger partial charge on any atom is 0.142 e. The summed E-state index contributed by atoms with van der Waals surface area (Å²) in [6, 6.07) is 16.3. The Morgan fingerprint density at radius 2 is 1.52 bits per heavy atom.